The maximum Gasteiger partial charge on any atom is 0.0352 e. The Labute approximate surface area is 198 Å². The van der Waals surface area contributed by atoms with Crippen LogP contribution in [-0.2, 0) is 12.8 Å². The van der Waals surface area contributed by atoms with Crippen molar-refractivity contribution < 1.29 is 0 Å². The van der Waals surface area contributed by atoms with Crippen LogP contribution in [0.3, 0.4) is 0 Å². The van der Waals surface area contributed by atoms with Crippen molar-refractivity contribution in [3.05, 3.63) is 107 Å². The second-order valence-corrected chi connectivity index (χ2v) is 9.75. The van der Waals surface area contributed by atoms with Crippen molar-refractivity contribution in [2.24, 2.45) is 0 Å². The molecular formula is C30H26S2. The van der Waals surface area contributed by atoms with Crippen molar-refractivity contribution in [1.29, 1.82) is 0 Å². The third-order valence-electron chi connectivity index (χ3n) is 6.07. The number of thiophene rings is 2. The monoisotopic (exact) mass is 450 g/mol. The van der Waals surface area contributed by atoms with E-state index in [1.165, 1.54) is 54.3 Å². The van der Waals surface area contributed by atoms with Crippen LogP contribution in [0.15, 0.2) is 95.7 Å². The predicted molar refractivity (Wildman–Crippen MR) is 143 cm³/mol. The molecule has 0 fully saturated rings. The summed E-state index contributed by atoms with van der Waals surface area (Å²) in [6.45, 7) is 4.61. The summed E-state index contributed by atoms with van der Waals surface area (Å²) in [6, 6.07) is 30.9. The van der Waals surface area contributed by atoms with E-state index in [-0.39, 0.29) is 0 Å². The van der Waals surface area contributed by atoms with Gasteiger partial charge in [0.1, 0.15) is 0 Å². The molecule has 0 aliphatic heterocycles. The molecule has 0 unspecified atom stereocenters. The maximum absolute atomic E-state index is 2.30. The third kappa shape index (κ3) is 3.64. The highest BCUT2D eigenvalue weighted by molar-refractivity contribution is 7.14. The highest BCUT2D eigenvalue weighted by Crippen LogP contribution is 2.50. The van der Waals surface area contributed by atoms with Gasteiger partial charge in [-0.2, -0.15) is 0 Å². The normalized spacial score (nSPS) is 11.1. The van der Waals surface area contributed by atoms with Gasteiger partial charge >= 0.3 is 0 Å². The second kappa shape index (κ2) is 9.28. The zero-order valence-electron chi connectivity index (χ0n) is 18.5. The Balaban J connectivity index is 2.02. The Bertz CT molecular complexity index is 1190. The minimum Gasteiger partial charge on any atom is -0.144 e. The summed E-state index contributed by atoms with van der Waals surface area (Å²) in [5, 5.41) is 4.40. The van der Waals surface area contributed by atoms with Gasteiger partial charge in [0.25, 0.3) is 0 Å². The van der Waals surface area contributed by atoms with Crippen LogP contribution in [0.2, 0.25) is 0 Å². The summed E-state index contributed by atoms with van der Waals surface area (Å²) < 4.78 is 0. The van der Waals surface area contributed by atoms with Crippen LogP contribution in [0.4, 0.5) is 0 Å². The lowest BCUT2D eigenvalue weighted by molar-refractivity contribution is 1.11. The summed E-state index contributed by atoms with van der Waals surface area (Å²) >= 11 is 3.69. The number of rotatable bonds is 6. The van der Waals surface area contributed by atoms with Gasteiger partial charge in [-0.25, -0.2) is 0 Å². The van der Waals surface area contributed by atoms with Gasteiger partial charge in [0.05, 0.1) is 0 Å². The zero-order chi connectivity index (χ0) is 21.9. The van der Waals surface area contributed by atoms with E-state index in [2.05, 4.69) is 110 Å². The van der Waals surface area contributed by atoms with E-state index in [0.717, 1.165) is 12.8 Å². The van der Waals surface area contributed by atoms with Crippen LogP contribution < -0.4 is 0 Å². The number of hydrogen-bond acceptors (Lipinski definition) is 2. The molecule has 0 saturated carbocycles. The first-order valence-corrected chi connectivity index (χ1v) is 13.0. The van der Waals surface area contributed by atoms with E-state index in [9.17, 15) is 0 Å². The van der Waals surface area contributed by atoms with Crippen LogP contribution in [0.25, 0.3) is 43.1 Å². The van der Waals surface area contributed by atoms with Crippen LogP contribution in [0.5, 0.6) is 0 Å². The lowest BCUT2D eigenvalue weighted by Gasteiger charge is -2.26. The fraction of sp³-hybridized carbons (Fsp3) is 0.133. The standard InChI is InChI=1S/C30H26S2/c1-3-23-27(21-13-7-5-8-14-21)28(22-15-9-6-10-16-22)24(4-2)30(26-18-12-20-32-26)29(23)25-17-11-19-31-25/h5-20H,3-4H2,1-2H3. The van der Waals surface area contributed by atoms with E-state index in [4.69, 9.17) is 0 Å². The van der Waals surface area contributed by atoms with Gasteiger partial charge in [0.15, 0.2) is 0 Å². The molecule has 0 saturated heterocycles. The second-order valence-electron chi connectivity index (χ2n) is 7.85. The molecule has 5 aromatic rings. The predicted octanol–water partition coefficient (Wildman–Crippen LogP) is 9.60. The molecule has 0 radical (unpaired) electrons. The molecule has 0 spiro atoms. The Kier molecular flexibility index (Phi) is 6.07. The van der Waals surface area contributed by atoms with Crippen LogP contribution in [0, 0.1) is 0 Å². The van der Waals surface area contributed by atoms with Crippen molar-refractivity contribution in [2.75, 3.05) is 0 Å². The Morgan fingerprint density at radius 2 is 0.875 bits per heavy atom. The van der Waals surface area contributed by atoms with Crippen molar-refractivity contribution >= 4 is 22.7 Å². The lowest BCUT2D eigenvalue weighted by Crippen LogP contribution is -2.04. The first kappa shape index (κ1) is 20.9. The summed E-state index contributed by atoms with van der Waals surface area (Å²) in [7, 11) is 0. The minimum atomic E-state index is 0.986. The topological polar surface area (TPSA) is 0 Å². The van der Waals surface area contributed by atoms with Gasteiger partial charge in [-0.05, 0) is 69.1 Å². The quantitative estimate of drug-likeness (QED) is 0.241. The van der Waals surface area contributed by atoms with Crippen LogP contribution >= 0.6 is 22.7 Å². The summed E-state index contributed by atoms with van der Waals surface area (Å²) in [6.07, 6.45) is 1.97. The highest BCUT2D eigenvalue weighted by Gasteiger charge is 2.26. The molecule has 2 heteroatoms. The van der Waals surface area contributed by atoms with E-state index in [0.29, 0.717) is 0 Å². The number of hydrogen-bond donors (Lipinski definition) is 0. The molecule has 0 atom stereocenters. The molecule has 5 rings (SSSR count). The van der Waals surface area contributed by atoms with Crippen LogP contribution in [-0.4, -0.2) is 0 Å². The molecule has 2 heterocycles. The first-order chi connectivity index (χ1) is 15.8. The van der Waals surface area contributed by atoms with Crippen molar-refractivity contribution in [3.63, 3.8) is 0 Å². The van der Waals surface area contributed by atoms with E-state index < -0.39 is 0 Å². The largest absolute Gasteiger partial charge is 0.144 e. The third-order valence-corrected chi connectivity index (χ3v) is 7.85. The van der Waals surface area contributed by atoms with Gasteiger partial charge in [0, 0.05) is 20.9 Å². The van der Waals surface area contributed by atoms with E-state index in [1.54, 1.807) is 0 Å². The molecule has 158 valence electrons. The summed E-state index contributed by atoms with van der Waals surface area (Å²) in [5.41, 5.74) is 11.1. The molecule has 0 nitrogen and oxygen atoms in total. The SMILES string of the molecule is CCc1c(-c2ccccc2)c(-c2ccccc2)c(CC)c(-c2cccs2)c1-c1cccs1. The number of benzene rings is 3. The first-order valence-electron chi connectivity index (χ1n) is 11.2. The summed E-state index contributed by atoms with van der Waals surface area (Å²) in [4.78, 5) is 2.72. The molecule has 2 aromatic heterocycles. The Hall–Kier alpha value is -2.94. The molecule has 3 aromatic carbocycles. The van der Waals surface area contributed by atoms with Gasteiger partial charge in [0.2, 0.25) is 0 Å². The molecule has 0 N–H and O–H groups in total. The van der Waals surface area contributed by atoms with Gasteiger partial charge in [-0.1, -0.05) is 86.6 Å². The van der Waals surface area contributed by atoms with E-state index >= 15 is 0 Å². The average molecular weight is 451 g/mol. The zero-order valence-corrected chi connectivity index (χ0v) is 20.1. The smallest absolute Gasteiger partial charge is 0.0352 e. The maximum atomic E-state index is 2.30. The van der Waals surface area contributed by atoms with Crippen molar-refractivity contribution in [3.8, 4) is 43.1 Å². The van der Waals surface area contributed by atoms with Gasteiger partial charge in [-0.3, -0.25) is 0 Å². The fourth-order valence-electron chi connectivity index (χ4n) is 4.79. The van der Waals surface area contributed by atoms with Gasteiger partial charge in [-0.15, -0.1) is 22.7 Å². The lowest BCUT2D eigenvalue weighted by atomic mass is 9.78. The Morgan fingerprint density at radius 3 is 1.19 bits per heavy atom. The molecule has 0 bridgehead atoms. The molecule has 32 heavy (non-hydrogen) atoms. The molecule has 0 aliphatic rings. The average Bonchev–Trinajstić information content (AvgIpc) is 3.58. The highest BCUT2D eigenvalue weighted by atomic mass is 32.1. The summed E-state index contributed by atoms with van der Waals surface area (Å²) in [5.74, 6) is 0. The van der Waals surface area contributed by atoms with E-state index in [1.807, 2.05) is 22.7 Å². The van der Waals surface area contributed by atoms with Crippen LogP contribution in [0.1, 0.15) is 25.0 Å². The van der Waals surface area contributed by atoms with Gasteiger partial charge < -0.3 is 0 Å². The van der Waals surface area contributed by atoms with Crippen molar-refractivity contribution in [1.82, 2.24) is 0 Å². The molecule has 0 amide bonds. The molecule has 0 aliphatic carbocycles. The fourth-order valence-corrected chi connectivity index (χ4v) is 6.40. The minimum absolute atomic E-state index is 0.986. The Morgan fingerprint density at radius 1 is 0.469 bits per heavy atom. The van der Waals surface area contributed by atoms with Crippen molar-refractivity contribution in [2.45, 2.75) is 26.7 Å². The molecular weight excluding hydrogens is 424 g/mol.